The summed E-state index contributed by atoms with van der Waals surface area (Å²) in [4.78, 5) is 11.2. The number of benzene rings is 3. The zero-order chi connectivity index (χ0) is 19.0. The van der Waals surface area contributed by atoms with Crippen LogP contribution in [0.25, 0.3) is 11.1 Å². The van der Waals surface area contributed by atoms with Gasteiger partial charge in [0.15, 0.2) is 0 Å². The molecule has 0 radical (unpaired) electrons. The average Bonchev–Trinajstić information content (AvgIpc) is 2.98. The van der Waals surface area contributed by atoms with E-state index in [1.165, 1.54) is 12.1 Å². The van der Waals surface area contributed by atoms with Gasteiger partial charge in [0.2, 0.25) is 0 Å². The van der Waals surface area contributed by atoms with Crippen LogP contribution in [0.15, 0.2) is 72.8 Å². The minimum absolute atomic E-state index is 0.185. The molecule has 0 saturated carbocycles. The van der Waals surface area contributed by atoms with Crippen LogP contribution in [-0.2, 0) is 15.1 Å². The molecule has 0 bridgehead atoms. The van der Waals surface area contributed by atoms with Crippen molar-refractivity contribution in [3.63, 3.8) is 0 Å². The topological polar surface area (TPSA) is 72.5 Å². The van der Waals surface area contributed by atoms with E-state index in [4.69, 9.17) is 10.5 Å². The highest BCUT2D eigenvalue weighted by atomic mass is 19.1. The van der Waals surface area contributed by atoms with Crippen LogP contribution in [0, 0.1) is 5.82 Å². The third-order valence-electron chi connectivity index (χ3n) is 4.95. The van der Waals surface area contributed by atoms with Gasteiger partial charge in [-0.05, 0) is 28.8 Å². The summed E-state index contributed by atoms with van der Waals surface area (Å²) in [5.41, 5.74) is 9.16. The molecule has 1 aliphatic rings. The van der Waals surface area contributed by atoms with Gasteiger partial charge < -0.3 is 15.6 Å². The number of rotatable bonds is 5. The van der Waals surface area contributed by atoms with Crippen molar-refractivity contribution in [2.24, 2.45) is 5.73 Å². The fourth-order valence-corrected chi connectivity index (χ4v) is 3.72. The Morgan fingerprint density at radius 3 is 2.00 bits per heavy atom. The second-order valence-corrected chi connectivity index (χ2v) is 6.53. The SMILES string of the molecule is N[C@@H](COC1(c2ccc(F)cc2)c2ccccc2-c2ccccc21)C(=O)O. The van der Waals surface area contributed by atoms with Crippen molar-refractivity contribution in [1.29, 1.82) is 0 Å². The van der Waals surface area contributed by atoms with Crippen LogP contribution in [0.3, 0.4) is 0 Å². The molecule has 136 valence electrons. The molecule has 4 nitrogen and oxygen atoms in total. The minimum Gasteiger partial charge on any atom is -0.480 e. The van der Waals surface area contributed by atoms with Gasteiger partial charge in [0.05, 0.1) is 6.61 Å². The van der Waals surface area contributed by atoms with E-state index >= 15 is 0 Å². The van der Waals surface area contributed by atoms with Gasteiger partial charge in [0.25, 0.3) is 0 Å². The van der Waals surface area contributed by atoms with Crippen LogP contribution in [0.2, 0.25) is 0 Å². The molecule has 3 aromatic carbocycles. The Labute approximate surface area is 156 Å². The van der Waals surface area contributed by atoms with Crippen LogP contribution >= 0.6 is 0 Å². The third kappa shape index (κ3) is 2.72. The second kappa shape index (κ2) is 6.61. The van der Waals surface area contributed by atoms with E-state index in [1.807, 2.05) is 48.5 Å². The lowest BCUT2D eigenvalue weighted by atomic mass is 9.84. The standard InChI is InChI=1S/C22H18FNO3/c23-15-11-9-14(10-12-15)22(27-13-20(24)21(25)26)18-7-3-1-5-16(18)17-6-2-4-8-19(17)22/h1-12,20H,13,24H2,(H,25,26)/t20-/m0/s1. The Morgan fingerprint density at radius 2 is 1.48 bits per heavy atom. The number of halogens is 1. The molecule has 3 N–H and O–H groups in total. The van der Waals surface area contributed by atoms with Crippen molar-refractivity contribution in [3.05, 3.63) is 95.3 Å². The summed E-state index contributed by atoms with van der Waals surface area (Å²) < 4.78 is 19.8. The molecule has 0 heterocycles. The molecule has 0 spiro atoms. The van der Waals surface area contributed by atoms with Crippen LogP contribution in [0.4, 0.5) is 4.39 Å². The van der Waals surface area contributed by atoms with Crippen LogP contribution in [0.1, 0.15) is 16.7 Å². The maximum absolute atomic E-state index is 13.6. The van der Waals surface area contributed by atoms with Crippen LogP contribution in [-0.4, -0.2) is 23.7 Å². The molecule has 4 rings (SSSR count). The molecular weight excluding hydrogens is 345 g/mol. The van der Waals surface area contributed by atoms with Crippen molar-refractivity contribution >= 4 is 5.97 Å². The minimum atomic E-state index is -1.16. The molecule has 0 saturated heterocycles. The summed E-state index contributed by atoms with van der Waals surface area (Å²) in [5, 5.41) is 9.18. The Balaban J connectivity index is 1.95. The average molecular weight is 363 g/mol. The van der Waals surface area contributed by atoms with Crippen LogP contribution < -0.4 is 5.73 Å². The summed E-state index contributed by atoms with van der Waals surface area (Å²) in [6.45, 7) is -0.185. The van der Waals surface area contributed by atoms with Gasteiger partial charge in [-0.1, -0.05) is 60.7 Å². The molecule has 1 atom stereocenters. The predicted octanol–water partition coefficient (Wildman–Crippen LogP) is 3.53. The van der Waals surface area contributed by atoms with Crippen molar-refractivity contribution in [1.82, 2.24) is 0 Å². The smallest absolute Gasteiger partial charge is 0.322 e. The lowest BCUT2D eigenvalue weighted by molar-refractivity contribution is -0.141. The highest BCUT2D eigenvalue weighted by molar-refractivity contribution is 5.82. The lowest BCUT2D eigenvalue weighted by Crippen LogP contribution is -2.40. The van der Waals surface area contributed by atoms with Gasteiger partial charge in [0, 0.05) is 11.1 Å². The molecule has 1 aliphatic carbocycles. The molecule has 0 aromatic heterocycles. The summed E-state index contributed by atoms with van der Waals surface area (Å²) in [6, 6.07) is 20.5. The number of carboxylic acids is 1. The number of fused-ring (bicyclic) bond motifs is 3. The largest absolute Gasteiger partial charge is 0.480 e. The zero-order valence-electron chi connectivity index (χ0n) is 14.4. The zero-order valence-corrected chi connectivity index (χ0v) is 14.4. The maximum Gasteiger partial charge on any atom is 0.322 e. The molecule has 3 aromatic rings. The van der Waals surface area contributed by atoms with E-state index in [9.17, 15) is 14.3 Å². The lowest BCUT2D eigenvalue weighted by Gasteiger charge is -2.33. The van der Waals surface area contributed by atoms with Crippen LogP contribution in [0.5, 0.6) is 0 Å². The van der Waals surface area contributed by atoms with Crippen molar-refractivity contribution in [2.45, 2.75) is 11.6 Å². The van der Waals surface area contributed by atoms with E-state index in [2.05, 4.69) is 0 Å². The quantitative estimate of drug-likeness (QED) is 0.727. The molecular formula is C22H18FNO3. The highest BCUT2D eigenvalue weighted by Gasteiger charge is 2.46. The Bertz CT molecular complexity index is 955. The monoisotopic (exact) mass is 363 g/mol. The number of hydrogen-bond acceptors (Lipinski definition) is 3. The normalized spacial score (nSPS) is 15.0. The molecule has 5 heteroatoms. The predicted molar refractivity (Wildman–Crippen MR) is 99.7 cm³/mol. The molecule has 0 amide bonds. The van der Waals surface area contributed by atoms with Crippen molar-refractivity contribution < 1.29 is 19.0 Å². The van der Waals surface area contributed by atoms with Gasteiger partial charge >= 0.3 is 5.97 Å². The van der Waals surface area contributed by atoms with E-state index in [-0.39, 0.29) is 12.4 Å². The molecule has 0 aliphatic heterocycles. The van der Waals surface area contributed by atoms with E-state index in [0.29, 0.717) is 0 Å². The summed E-state index contributed by atoms with van der Waals surface area (Å²) >= 11 is 0. The van der Waals surface area contributed by atoms with Gasteiger partial charge in [-0.2, -0.15) is 0 Å². The first-order valence-corrected chi connectivity index (χ1v) is 8.62. The van der Waals surface area contributed by atoms with E-state index in [1.54, 1.807) is 12.1 Å². The maximum atomic E-state index is 13.6. The first kappa shape index (κ1) is 17.4. The summed E-state index contributed by atoms with van der Waals surface area (Å²) in [5.74, 6) is -1.49. The molecule has 0 unspecified atom stereocenters. The number of carboxylic acid groups (broad SMARTS) is 1. The Hall–Kier alpha value is -3.02. The van der Waals surface area contributed by atoms with Gasteiger partial charge in [-0.3, -0.25) is 4.79 Å². The summed E-state index contributed by atoms with van der Waals surface area (Å²) in [7, 11) is 0. The Kier molecular flexibility index (Phi) is 4.26. The Morgan fingerprint density at radius 1 is 0.963 bits per heavy atom. The number of nitrogens with two attached hydrogens (primary N) is 1. The van der Waals surface area contributed by atoms with Crippen molar-refractivity contribution in [2.75, 3.05) is 6.61 Å². The number of hydrogen-bond donors (Lipinski definition) is 2. The highest BCUT2D eigenvalue weighted by Crippen LogP contribution is 2.53. The second-order valence-electron chi connectivity index (χ2n) is 6.53. The van der Waals surface area contributed by atoms with Gasteiger partial charge in [-0.25, -0.2) is 4.39 Å². The fraction of sp³-hybridized carbons (Fsp3) is 0.136. The number of aliphatic carboxylic acids is 1. The summed E-state index contributed by atoms with van der Waals surface area (Å²) in [6.07, 6.45) is 0. The van der Waals surface area contributed by atoms with E-state index < -0.39 is 17.6 Å². The fourth-order valence-electron chi connectivity index (χ4n) is 3.72. The van der Waals surface area contributed by atoms with Gasteiger partial charge in [0.1, 0.15) is 17.5 Å². The van der Waals surface area contributed by atoms with E-state index in [0.717, 1.165) is 27.8 Å². The third-order valence-corrected chi connectivity index (χ3v) is 4.95. The number of ether oxygens (including phenoxy) is 1. The first-order chi connectivity index (χ1) is 13.0. The molecule has 27 heavy (non-hydrogen) atoms. The van der Waals surface area contributed by atoms with Gasteiger partial charge in [-0.15, -0.1) is 0 Å². The number of carbonyl (C=O) groups is 1. The van der Waals surface area contributed by atoms with Crippen molar-refractivity contribution in [3.8, 4) is 11.1 Å². The first-order valence-electron chi connectivity index (χ1n) is 8.62. The molecule has 0 fully saturated rings.